The number of piperidine rings is 1. The smallest absolute Gasteiger partial charge is 0.407 e. The van der Waals surface area contributed by atoms with Crippen LogP contribution in [0, 0.1) is 12.3 Å². The molecule has 16 heavy (non-hydrogen) atoms. The molecular formula is C11H12N2O2S. The fourth-order valence-electron chi connectivity index (χ4n) is 1.86. The van der Waals surface area contributed by atoms with Gasteiger partial charge in [-0.1, -0.05) is 0 Å². The fraction of sp³-hybridized carbons (Fsp3) is 0.455. The number of amides is 1. The lowest BCUT2D eigenvalue weighted by molar-refractivity contribution is 0.132. The summed E-state index contributed by atoms with van der Waals surface area (Å²) < 4.78 is 0. The van der Waals surface area contributed by atoms with Crippen LogP contribution in [0.25, 0.3) is 0 Å². The van der Waals surface area contributed by atoms with Gasteiger partial charge in [-0.05, 0) is 18.8 Å². The second-order valence-electron chi connectivity index (χ2n) is 3.76. The number of hydrogen-bond donors (Lipinski definition) is 1. The standard InChI is InChI=1S/C11H12N2O2S/c1-2-9-7-16-10(12-9)8-3-5-13(6-4-8)11(14)15/h1,7-8H,3-6H2,(H,14,15). The predicted molar refractivity (Wildman–Crippen MR) is 61.6 cm³/mol. The average Bonchev–Trinajstić information content (AvgIpc) is 2.77. The van der Waals surface area contributed by atoms with Crippen molar-refractivity contribution in [3.63, 3.8) is 0 Å². The van der Waals surface area contributed by atoms with Crippen LogP contribution in [0.5, 0.6) is 0 Å². The summed E-state index contributed by atoms with van der Waals surface area (Å²) in [4.78, 5) is 16.5. The monoisotopic (exact) mass is 236 g/mol. The van der Waals surface area contributed by atoms with Gasteiger partial charge in [0.1, 0.15) is 5.69 Å². The van der Waals surface area contributed by atoms with E-state index in [-0.39, 0.29) is 0 Å². The molecule has 0 unspecified atom stereocenters. The molecule has 84 valence electrons. The van der Waals surface area contributed by atoms with Crippen LogP contribution in [0.4, 0.5) is 4.79 Å². The second-order valence-corrected chi connectivity index (χ2v) is 4.65. The Morgan fingerprint density at radius 3 is 2.81 bits per heavy atom. The maximum Gasteiger partial charge on any atom is 0.407 e. The normalized spacial score (nSPS) is 17.1. The van der Waals surface area contributed by atoms with Crippen molar-refractivity contribution in [1.82, 2.24) is 9.88 Å². The van der Waals surface area contributed by atoms with Crippen molar-refractivity contribution in [2.45, 2.75) is 18.8 Å². The van der Waals surface area contributed by atoms with Crippen LogP contribution in [0.1, 0.15) is 29.5 Å². The van der Waals surface area contributed by atoms with Gasteiger partial charge in [0.15, 0.2) is 0 Å². The first kappa shape index (κ1) is 11.0. The van der Waals surface area contributed by atoms with E-state index in [9.17, 15) is 4.79 Å². The molecule has 1 aliphatic rings. The van der Waals surface area contributed by atoms with E-state index in [0.29, 0.717) is 24.7 Å². The third kappa shape index (κ3) is 2.17. The zero-order valence-corrected chi connectivity index (χ0v) is 9.54. The Labute approximate surface area is 97.9 Å². The molecule has 1 aromatic heterocycles. The number of thiazole rings is 1. The van der Waals surface area contributed by atoms with Gasteiger partial charge in [-0.15, -0.1) is 17.8 Å². The summed E-state index contributed by atoms with van der Waals surface area (Å²) >= 11 is 1.57. The van der Waals surface area contributed by atoms with Crippen molar-refractivity contribution in [3.8, 4) is 12.3 Å². The Hall–Kier alpha value is -1.54. The first-order valence-electron chi connectivity index (χ1n) is 5.10. The lowest BCUT2D eigenvalue weighted by atomic mass is 9.98. The van der Waals surface area contributed by atoms with E-state index in [1.807, 2.05) is 5.38 Å². The van der Waals surface area contributed by atoms with E-state index in [1.165, 1.54) is 4.90 Å². The fourth-order valence-corrected chi connectivity index (χ4v) is 2.79. The maximum atomic E-state index is 10.7. The Kier molecular flexibility index (Phi) is 3.11. The van der Waals surface area contributed by atoms with Crippen LogP contribution in [-0.4, -0.2) is 34.2 Å². The number of terminal acetylenes is 1. The number of carbonyl (C=O) groups is 1. The molecule has 0 spiro atoms. The molecule has 1 aromatic rings. The van der Waals surface area contributed by atoms with Gasteiger partial charge in [0, 0.05) is 24.4 Å². The Balaban J connectivity index is 1.99. The van der Waals surface area contributed by atoms with E-state index in [0.717, 1.165) is 17.8 Å². The van der Waals surface area contributed by atoms with Crippen molar-refractivity contribution in [2.75, 3.05) is 13.1 Å². The summed E-state index contributed by atoms with van der Waals surface area (Å²) in [7, 11) is 0. The topological polar surface area (TPSA) is 53.4 Å². The molecule has 2 rings (SSSR count). The van der Waals surface area contributed by atoms with Gasteiger partial charge in [0.05, 0.1) is 5.01 Å². The van der Waals surface area contributed by atoms with Crippen LogP contribution >= 0.6 is 11.3 Å². The molecule has 2 heterocycles. The van der Waals surface area contributed by atoms with Crippen LogP contribution in [0.15, 0.2) is 5.38 Å². The number of hydrogen-bond acceptors (Lipinski definition) is 3. The van der Waals surface area contributed by atoms with Gasteiger partial charge in [-0.25, -0.2) is 9.78 Å². The summed E-state index contributed by atoms with van der Waals surface area (Å²) in [5, 5.41) is 11.7. The van der Waals surface area contributed by atoms with E-state index in [4.69, 9.17) is 11.5 Å². The minimum Gasteiger partial charge on any atom is -0.465 e. The zero-order valence-electron chi connectivity index (χ0n) is 8.72. The van der Waals surface area contributed by atoms with Gasteiger partial charge in [-0.2, -0.15) is 0 Å². The van der Waals surface area contributed by atoms with Gasteiger partial charge >= 0.3 is 6.09 Å². The zero-order chi connectivity index (χ0) is 11.5. The predicted octanol–water partition coefficient (Wildman–Crippen LogP) is 1.98. The molecule has 0 aliphatic carbocycles. The molecule has 5 heteroatoms. The largest absolute Gasteiger partial charge is 0.465 e. The van der Waals surface area contributed by atoms with Crippen LogP contribution in [0.2, 0.25) is 0 Å². The molecule has 1 N–H and O–H groups in total. The number of aromatic nitrogens is 1. The minimum atomic E-state index is -0.832. The van der Waals surface area contributed by atoms with Crippen molar-refractivity contribution in [3.05, 3.63) is 16.1 Å². The number of carboxylic acid groups (broad SMARTS) is 1. The first-order valence-corrected chi connectivity index (χ1v) is 5.98. The van der Waals surface area contributed by atoms with E-state index >= 15 is 0 Å². The number of nitrogens with zero attached hydrogens (tertiary/aromatic N) is 2. The molecule has 0 aromatic carbocycles. The lowest BCUT2D eigenvalue weighted by Gasteiger charge is -2.28. The van der Waals surface area contributed by atoms with Crippen LogP contribution in [0.3, 0.4) is 0 Å². The van der Waals surface area contributed by atoms with E-state index in [1.54, 1.807) is 11.3 Å². The first-order chi connectivity index (χ1) is 7.70. The molecule has 0 bridgehead atoms. The Morgan fingerprint density at radius 1 is 1.62 bits per heavy atom. The highest BCUT2D eigenvalue weighted by Gasteiger charge is 2.25. The highest BCUT2D eigenvalue weighted by Crippen LogP contribution is 2.30. The molecule has 1 fully saturated rings. The minimum absolute atomic E-state index is 0.364. The van der Waals surface area contributed by atoms with E-state index < -0.39 is 6.09 Å². The Bertz CT molecular complexity index is 427. The molecule has 0 radical (unpaired) electrons. The molecule has 1 amide bonds. The van der Waals surface area contributed by atoms with Gasteiger partial charge < -0.3 is 10.0 Å². The third-order valence-electron chi connectivity index (χ3n) is 2.78. The summed E-state index contributed by atoms with van der Waals surface area (Å²) in [5.41, 5.74) is 0.681. The highest BCUT2D eigenvalue weighted by atomic mass is 32.1. The van der Waals surface area contributed by atoms with Gasteiger partial charge in [0.2, 0.25) is 0 Å². The Morgan fingerprint density at radius 2 is 2.31 bits per heavy atom. The number of rotatable bonds is 1. The van der Waals surface area contributed by atoms with Crippen LogP contribution < -0.4 is 0 Å². The van der Waals surface area contributed by atoms with Crippen molar-refractivity contribution < 1.29 is 9.90 Å². The third-order valence-corrected chi connectivity index (χ3v) is 3.79. The molecule has 1 saturated heterocycles. The molecule has 0 atom stereocenters. The molecule has 1 aliphatic heterocycles. The second kappa shape index (κ2) is 4.54. The lowest BCUT2D eigenvalue weighted by Crippen LogP contribution is -2.36. The van der Waals surface area contributed by atoms with Crippen molar-refractivity contribution >= 4 is 17.4 Å². The van der Waals surface area contributed by atoms with Crippen molar-refractivity contribution in [2.24, 2.45) is 0 Å². The van der Waals surface area contributed by atoms with Crippen molar-refractivity contribution in [1.29, 1.82) is 0 Å². The quantitative estimate of drug-likeness (QED) is 0.758. The molecular weight excluding hydrogens is 224 g/mol. The maximum absolute atomic E-state index is 10.7. The number of likely N-dealkylation sites (tertiary alicyclic amines) is 1. The molecule has 4 nitrogen and oxygen atoms in total. The van der Waals surface area contributed by atoms with E-state index in [2.05, 4.69) is 10.9 Å². The summed E-state index contributed by atoms with van der Waals surface area (Å²) in [5.74, 6) is 2.87. The van der Waals surface area contributed by atoms with Gasteiger partial charge in [-0.3, -0.25) is 0 Å². The summed E-state index contributed by atoms with van der Waals surface area (Å²) in [6, 6.07) is 0. The van der Waals surface area contributed by atoms with Crippen LogP contribution in [-0.2, 0) is 0 Å². The SMILES string of the molecule is C#Cc1csc(C2CCN(C(=O)O)CC2)n1. The van der Waals surface area contributed by atoms with Gasteiger partial charge in [0.25, 0.3) is 0 Å². The average molecular weight is 236 g/mol. The highest BCUT2D eigenvalue weighted by molar-refractivity contribution is 7.09. The molecule has 0 saturated carbocycles. The summed E-state index contributed by atoms with van der Waals surface area (Å²) in [6.07, 6.45) is 6.11. The summed E-state index contributed by atoms with van der Waals surface area (Å²) in [6.45, 7) is 1.18.